The highest BCUT2D eigenvalue weighted by atomic mass is 16.5. The fourth-order valence-electron chi connectivity index (χ4n) is 5.17. The van der Waals surface area contributed by atoms with Gasteiger partial charge >= 0.3 is 0 Å². The number of hydrogen-bond acceptors (Lipinski definition) is 3. The minimum Gasteiger partial charge on any atom is -0.462 e. The fourth-order valence-corrected chi connectivity index (χ4v) is 5.17. The summed E-state index contributed by atoms with van der Waals surface area (Å²) < 4.78 is 6.41. The van der Waals surface area contributed by atoms with E-state index in [4.69, 9.17) is 9.73 Å². The Balaban J connectivity index is 2.62. The molecule has 44 heavy (non-hydrogen) atoms. The van der Waals surface area contributed by atoms with Gasteiger partial charge in [-0.05, 0) is 132 Å². The van der Waals surface area contributed by atoms with Gasteiger partial charge in [0.25, 0.3) is 0 Å². The van der Waals surface area contributed by atoms with Crippen molar-refractivity contribution in [2.45, 2.75) is 128 Å². The first-order valence-corrected chi connectivity index (χ1v) is 17.5. The zero-order chi connectivity index (χ0) is 32.8. The molecule has 1 aliphatic rings. The summed E-state index contributed by atoms with van der Waals surface area (Å²) in [6.07, 6.45) is 17.3. The molecule has 3 nitrogen and oxygen atoms in total. The lowest BCUT2D eigenvalue weighted by Gasteiger charge is -2.29. The standard InChI is InChI=1S/C41H64N2O/c1-13-30(7)24-25-43(28-29(5)6)38(16-4)22-23-39(32(9)15-3)42-40(26-34(11)36-18-17-19-36)37-21-20-33(10)41(27-37)44-35(12)31(8)14-2/h16,20-23,26-27,29-30,32H,13-15,17-19,24-25,28H2,1-12H3/b23-22-,35-31+,38-16+,40-26-,42-39-. The SMILES string of the molecule is C\C=C(/C=C\C(=N\C(=C/C(C)=C1CCC1)c1ccc(C)c(O/C(C)=C(\C)CC)c1)C(C)CC)N(CCC(C)CC)CC(C)C. The predicted octanol–water partition coefficient (Wildman–Crippen LogP) is 12.3. The van der Waals surface area contributed by atoms with E-state index in [0.717, 1.165) is 65.9 Å². The van der Waals surface area contributed by atoms with E-state index in [9.17, 15) is 0 Å². The number of ether oxygens (including phenoxy) is 1. The molecule has 1 aliphatic carbocycles. The number of rotatable bonds is 17. The lowest BCUT2D eigenvalue weighted by Crippen LogP contribution is -2.28. The van der Waals surface area contributed by atoms with Crippen LogP contribution < -0.4 is 4.74 Å². The molecule has 0 radical (unpaired) electrons. The van der Waals surface area contributed by atoms with Crippen molar-refractivity contribution in [3.05, 3.63) is 81.8 Å². The van der Waals surface area contributed by atoms with Gasteiger partial charge in [0.1, 0.15) is 5.75 Å². The minimum atomic E-state index is 0.335. The number of allylic oxidation sites excluding steroid dienone is 8. The van der Waals surface area contributed by atoms with Crippen LogP contribution in [-0.4, -0.2) is 23.7 Å². The first-order chi connectivity index (χ1) is 20.9. The Labute approximate surface area is 272 Å². The van der Waals surface area contributed by atoms with Crippen molar-refractivity contribution in [3.63, 3.8) is 0 Å². The van der Waals surface area contributed by atoms with Crippen LogP contribution >= 0.6 is 0 Å². The summed E-state index contributed by atoms with van der Waals surface area (Å²) in [5, 5.41) is 0. The Kier molecular flexibility index (Phi) is 16.0. The maximum absolute atomic E-state index is 6.41. The molecule has 1 saturated carbocycles. The van der Waals surface area contributed by atoms with Crippen LogP contribution in [0.5, 0.6) is 5.75 Å². The third-order valence-electron chi connectivity index (χ3n) is 9.37. The molecule has 2 unspecified atom stereocenters. The van der Waals surface area contributed by atoms with Crippen molar-refractivity contribution in [1.29, 1.82) is 0 Å². The lowest BCUT2D eigenvalue weighted by molar-refractivity contribution is 0.288. The Hall–Kier alpha value is -2.81. The Morgan fingerprint density at radius 3 is 2.25 bits per heavy atom. The molecule has 0 bridgehead atoms. The summed E-state index contributed by atoms with van der Waals surface area (Å²) >= 11 is 0. The average molecular weight is 601 g/mol. The van der Waals surface area contributed by atoms with Gasteiger partial charge in [0.05, 0.1) is 11.5 Å². The van der Waals surface area contributed by atoms with Crippen molar-refractivity contribution >= 4 is 11.4 Å². The number of aliphatic imine (C=N–C) groups is 1. The van der Waals surface area contributed by atoms with Crippen LogP contribution in [0.15, 0.2) is 75.7 Å². The quantitative estimate of drug-likeness (QED) is 0.101. The summed E-state index contributed by atoms with van der Waals surface area (Å²) in [7, 11) is 0. The Morgan fingerprint density at radius 2 is 1.70 bits per heavy atom. The van der Waals surface area contributed by atoms with Gasteiger partial charge in [-0.25, -0.2) is 0 Å². The van der Waals surface area contributed by atoms with Crippen LogP contribution in [0.25, 0.3) is 5.70 Å². The molecule has 2 atom stereocenters. The van der Waals surface area contributed by atoms with Gasteiger partial charge in [-0.3, -0.25) is 4.99 Å². The minimum absolute atomic E-state index is 0.335. The first-order valence-electron chi connectivity index (χ1n) is 17.5. The number of aryl methyl sites for hydroxylation is 1. The molecular weight excluding hydrogens is 536 g/mol. The molecule has 1 aromatic carbocycles. The molecule has 0 spiro atoms. The first kappa shape index (κ1) is 37.4. The molecule has 244 valence electrons. The van der Waals surface area contributed by atoms with Crippen molar-refractivity contribution < 1.29 is 4.74 Å². The maximum Gasteiger partial charge on any atom is 0.130 e. The largest absolute Gasteiger partial charge is 0.462 e. The van der Waals surface area contributed by atoms with Crippen LogP contribution in [0.2, 0.25) is 0 Å². The van der Waals surface area contributed by atoms with Gasteiger partial charge in [-0.2, -0.15) is 0 Å². The topological polar surface area (TPSA) is 24.8 Å². The Bertz CT molecular complexity index is 1250. The van der Waals surface area contributed by atoms with Gasteiger partial charge in [0, 0.05) is 30.1 Å². The normalized spacial score (nSPS) is 16.7. The van der Waals surface area contributed by atoms with Crippen LogP contribution in [0, 0.1) is 24.7 Å². The van der Waals surface area contributed by atoms with Gasteiger partial charge in [0.15, 0.2) is 0 Å². The Morgan fingerprint density at radius 1 is 1.00 bits per heavy atom. The summed E-state index contributed by atoms with van der Waals surface area (Å²) in [6, 6.07) is 6.56. The van der Waals surface area contributed by atoms with Crippen LogP contribution in [0.3, 0.4) is 0 Å². The van der Waals surface area contributed by atoms with Crippen LogP contribution in [0.1, 0.15) is 132 Å². The monoisotopic (exact) mass is 601 g/mol. The molecular formula is C41H64N2O. The summed E-state index contributed by atoms with van der Waals surface area (Å²) in [5.74, 6) is 3.56. The second-order valence-corrected chi connectivity index (χ2v) is 13.5. The molecule has 0 aliphatic heterocycles. The van der Waals surface area contributed by atoms with Gasteiger partial charge in [-0.1, -0.05) is 78.7 Å². The second kappa shape index (κ2) is 18.9. The van der Waals surface area contributed by atoms with Crippen molar-refractivity contribution in [1.82, 2.24) is 4.90 Å². The molecule has 0 heterocycles. The highest BCUT2D eigenvalue weighted by molar-refractivity contribution is 6.00. The van der Waals surface area contributed by atoms with Gasteiger partial charge in [-0.15, -0.1) is 0 Å². The molecule has 1 fully saturated rings. The van der Waals surface area contributed by atoms with Gasteiger partial charge < -0.3 is 9.64 Å². The summed E-state index contributed by atoms with van der Waals surface area (Å²) in [6.45, 7) is 28.9. The molecule has 0 saturated heterocycles. The van der Waals surface area contributed by atoms with Crippen LogP contribution in [-0.2, 0) is 0 Å². The molecule has 3 heteroatoms. The number of nitrogens with zero attached hydrogens (tertiary/aromatic N) is 2. The van der Waals surface area contributed by atoms with E-state index in [1.54, 1.807) is 5.57 Å². The van der Waals surface area contributed by atoms with Crippen molar-refractivity contribution in [2.75, 3.05) is 13.1 Å². The molecule has 0 aromatic heterocycles. The predicted molar refractivity (Wildman–Crippen MR) is 195 cm³/mol. The molecule has 2 rings (SSSR count). The molecule has 1 aromatic rings. The highest BCUT2D eigenvalue weighted by Crippen LogP contribution is 2.33. The van der Waals surface area contributed by atoms with E-state index < -0.39 is 0 Å². The maximum atomic E-state index is 6.41. The lowest BCUT2D eigenvalue weighted by atomic mass is 9.88. The fraction of sp³-hybridized carbons (Fsp3) is 0.585. The summed E-state index contributed by atoms with van der Waals surface area (Å²) in [4.78, 5) is 8.03. The van der Waals surface area contributed by atoms with Gasteiger partial charge in [0.2, 0.25) is 0 Å². The van der Waals surface area contributed by atoms with E-state index in [0.29, 0.717) is 11.8 Å². The second-order valence-electron chi connectivity index (χ2n) is 13.5. The van der Waals surface area contributed by atoms with E-state index in [1.165, 1.54) is 48.9 Å². The third-order valence-corrected chi connectivity index (χ3v) is 9.37. The van der Waals surface area contributed by atoms with E-state index in [-0.39, 0.29) is 0 Å². The third kappa shape index (κ3) is 11.6. The molecule has 0 N–H and O–H groups in total. The highest BCUT2D eigenvalue weighted by Gasteiger charge is 2.16. The molecule has 0 amide bonds. The average Bonchev–Trinajstić information content (AvgIpc) is 2.97. The summed E-state index contributed by atoms with van der Waals surface area (Å²) in [5.41, 5.74) is 9.84. The van der Waals surface area contributed by atoms with Crippen molar-refractivity contribution in [2.24, 2.45) is 22.7 Å². The van der Waals surface area contributed by atoms with Crippen LogP contribution in [0.4, 0.5) is 0 Å². The zero-order valence-electron chi connectivity index (χ0n) is 30.4. The smallest absolute Gasteiger partial charge is 0.130 e. The van der Waals surface area contributed by atoms with E-state index >= 15 is 0 Å². The van der Waals surface area contributed by atoms with E-state index in [2.05, 4.69) is 130 Å². The number of hydrogen-bond donors (Lipinski definition) is 0. The zero-order valence-corrected chi connectivity index (χ0v) is 30.4. The van der Waals surface area contributed by atoms with Crippen molar-refractivity contribution in [3.8, 4) is 5.75 Å². The number of benzene rings is 1. The van der Waals surface area contributed by atoms with E-state index in [1.807, 2.05) is 0 Å².